The van der Waals surface area contributed by atoms with Crippen molar-refractivity contribution in [2.75, 3.05) is 0 Å². The van der Waals surface area contributed by atoms with E-state index in [-0.39, 0.29) is 166 Å². The fourth-order valence-corrected chi connectivity index (χ4v) is 0. The monoisotopic (exact) mass is 255 g/mol. The van der Waals surface area contributed by atoms with Crippen LogP contribution in [0.1, 0.15) is 1.43 Å². The second-order valence-corrected chi connectivity index (χ2v) is 0. The molecule has 0 radical (unpaired) electrons. The maximum absolute atomic E-state index is 0. The molecular weight excluding hydrogens is 244 g/mol. The Morgan fingerprint density at radius 3 is 0.500 bits per heavy atom. The summed E-state index contributed by atoms with van der Waals surface area (Å²) in [6.07, 6.45) is 0. The molecule has 0 aromatic carbocycles. The van der Waals surface area contributed by atoms with E-state index in [0.29, 0.717) is 0 Å². The van der Waals surface area contributed by atoms with E-state index in [2.05, 4.69) is 0 Å². The Labute approximate surface area is 163 Å². The van der Waals surface area contributed by atoms with Crippen LogP contribution in [0.2, 0.25) is 0 Å². The summed E-state index contributed by atoms with van der Waals surface area (Å²) in [5, 5.41) is 0. The Balaban J connectivity index is 0. The first-order valence-electron chi connectivity index (χ1n) is 0. The standard InChI is InChI=1S/Al.4ClH.4Li.Ti.8H/h;4*1H;;;;;;;;;;;;;/q;;;;;;;;;;;;;;;;;-1. The quantitative estimate of drug-likeness (QED) is 0.441. The van der Waals surface area contributed by atoms with E-state index in [9.17, 15) is 0 Å². The minimum absolute atomic E-state index is 0. The van der Waals surface area contributed by atoms with Crippen molar-refractivity contribution in [1.29, 1.82) is 0 Å². The molecule has 0 rings (SSSR count). The minimum atomic E-state index is 0. The van der Waals surface area contributed by atoms with E-state index in [1.807, 2.05) is 0 Å². The third kappa shape index (κ3) is 77.4. The van der Waals surface area contributed by atoms with Crippen LogP contribution in [0.3, 0.4) is 0 Å². The van der Waals surface area contributed by atoms with Crippen molar-refractivity contribution < 1.29 is 23.1 Å². The average Bonchev–Trinajstić information content (AvgIpc) is 0. The summed E-state index contributed by atoms with van der Waals surface area (Å²) in [6.45, 7) is 0. The summed E-state index contributed by atoms with van der Waals surface area (Å²) in [4.78, 5) is 0. The second-order valence-electron chi connectivity index (χ2n) is 0. The van der Waals surface area contributed by atoms with Crippen LogP contribution in [-0.4, -0.2) is 92.8 Å². The Kier molecular flexibility index (Phi) is 1200. The Morgan fingerprint density at radius 2 is 0.500 bits per heavy atom. The number of rotatable bonds is 0. The normalized spacial score (nSPS) is 0. The molecule has 0 bridgehead atoms. The molecular formula is H12AlCl4Li4Ti-. The van der Waals surface area contributed by atoms with E-state index >= 15 is 0 Å². The molecule has 0 saturated heterocycles. The largest absolute Gasteiger partial charge is 0 e. The molecule has 0 heterocycles. The smallest absolute Gasteiger partial charge is 0 e. The maximum atomic E-state index is 0. The Hall–Kier alpha value is 4.80. The number of hydrogen-bond acceptors (Lipinski definition) is 0. The summed E-state index contributed by atoms with van der Waals surface area (Å²) in [7, 11) is 0. The maximum Gasteiger partial charge on any atom is 0 e. The first kappa shape index (κ1) is 122. The summed E-state index contributed by atoms with van der Waals surface area (Å²) < 4.78 is 0. The third-order valence-corrected chi connectivity index (χ3v) is 0. The first-order valence-corrected chi connectivity index (χ1v) is 0. The van der Waals surface area contributed by atoms with Gasteiger partial charge in [0.2, 0.25) is 0 Å². The van der Waals surface area contributed by atoms with Gasteiger partial charge in [-0.15, -0.1) is 49.6 Å². The van der Waals surface area contributed by atoms with Crippen molar-refractivity contribution in [1.82, 2.24) is 0 Å². The molecule has 0 aliphatic carbocycles. The molecule has 10 heavy (non-hydrogen) atoms. The van der Waals surface area contributed by atoms with Crippen molar-refractivity contribution >= 4 is 142 Å². The van der Waals surface area contributed by atoms with Gasteiger partial charge in [-0.2, -0.15) is 0 Å². The molecule has 0 nitrogen and oxygen atoms in total. The van der Waals surface area contributed by atoms with Crippen molar-refractivity contribution in [3.8, 4) is 0 Å². The summed E-state index contributed by atoms with van der Waals surface area (Å²) in [5.41, 5.74) is 0. The van der Waals surface area contributed by atoms with Crippen LogP contribution < -0.4 is 0 Å². The zero-order chi connectivity index (χ0) is 0. The first-order chi connectivity index (χ1) is 0. The van der Waals surface area contributed by atoms with Crippen LogP contribution in [0.5, 0.6) is 0 Å². The molecule has 0 aliphatic rings. The minimum Gasteiger partial charge on any atom is 0 e. The van der Waals surface area contributed by atoms with Crippen molar-refractivity contribution in [3.63, 3.8) is 0 Å². The molecule has 0 N–H and O–H groups in total. The fraction of sp³-hybridized carbons (Fsp3) is 0. The fourth-order valence-electron chi connectivity index (χ4n) is 0. The summed E-state index contributed by atoms with van der Waals surface area (Å²) >= 11 is 0. The van der Waals surface area contributed by atoms with E-state index < -0.39 is 0 Å². The van der Waals surface area contributed by atoms with Crippen LogP contribution in [-0.2, 0) is 21.7 Å². The van der Waals surface area contributed by atoms with Gasteiger partial charge in [0, 0.05) is 21.7 Å². The van der Waals surface area contributed by atoms with Crippen LogP contribution in [0.15, 0.2) is 0 Å². The number of halogens is 4. The molecule has 0 saturated carbocycles. The Morgan fingerprint density at radius 1 is 0.500 bits per heavy atom. The van der Waals surface area contributed by atoms with Gasteiger partial charge in [-0.1, -0.05) is 0 Å². The second kappa shape index (κ2) is 98.2. The molecule has 0 aromatic rings. The summed E-state index contributed by atoms with van der Waals surface area (Å²) in [6, 6.07) is 0. The van der Waals surface area contributed by atoms with E-state index in [4.69, 9.17) is 0 Å². The van der Waals surface area contributed by atoms with Gasteiger partial charge in [0.25, 0.3) is 0 Å². The van der Waals surface area contributed by atoms with Crippen molar-refractivity contribution in [3.05, 3.63) is 0 Å². The molecule has 0 atom stereocenters. The van der Waals surface area contributed by atoms with Gasteiger partial charge < -0.3 is 1.43 Å². The molecule has 10 heteroatoms. The molecule has 0 spiro atoms. The molecule has 0 fully saturated rings. The predicted molar refractivity (Wildman–Crippen MR) is 68.6 cm³/mol. The van der Waals surface area contributed by atoms with Gasteiger partial charge in [-0.25, -0.2) is 0 Å². The molecule has 0 aromatic heterocycles. The van der Waals surface area contributed by atoms with Gasteiger partial charge in [0.15, 0.2) is 17.4 Å². The zero-order valence-electron chi connectivity index (χ0n) is 3.13. The van der Waals surface area contributed by atoms with E-state index in [0.717, 1.165) is 0 Å². The SMILES string of the molecule is Cl.Cl.Cl.Cl.[AlH3].[H-].[LiH].[LiH].[LiH].[LiH].[Ti]. The van der Waals surface area contributed by atoms with Crippen LogP contribution in [0, 0.1) is 0 Å². The molecule has 0 unspecified atom stereocenters. The van der Waals surface area contributed by atoms with Crippen LogP contribution in [0.25, 0.3) is 0 Å². The van der Waals surface area contributed by atoms with Crippen LogP contribution >= 0.6 is 49.6 Å². The van der Waals surface area contributed by atoms with Crippen molar-refractivity contribution in [2.24, 2.45) is 0 Å². The van der Waals surface area contributed by atoms with Gasteiger partial charge in [-0.3, -0.25) is 0 Å². The topological polar surface area (TPSA) is 0 Å². The Bertz CT molecular complexity index is 22.1. The van der Waals surface area contributed by atoms with Crippen molar-refractivity contribution in [2.45, 2.75) is 0 Å². The van der Waals surface area contributed by atoms with Gasteiger partial charge >= 0.3 is 75.4 Å². The van der Waals surface area contributed by atoms with E-state index in [1.54, 1.807) is 0 Å². The molecule has 0 amide bonds. The van der Waals surface area contributed by atoms with Crippen LogP contribution in [0.4, 0.5) is 0 Å². The summed E-state index contributed by atoms with van der Waals surface area (Å²) in [5.74, 6) is 0. The van der Waals surface area contributed by atoms with E-state index in [1.165, 1.54) is 0 Å². The predicted octanol–water partition coefficient (Wildman–Crippen LogP) is -1.98. The molecule has 0 aliphatic heterocycles. The zero-order valence-corrected chi connectivity index (χ0v) is 6.96. The van der Waals surface area contributed by atoms with Gasteiger partial charge in [0.05, 0.1) is 0 Å². The van der Waals surface area contributed by atoms with Gasteiger partial charge in [0.1, 0.15) is 0 Å². The van der Waals surface area contributed by atoms with Gasteiger partial charge in [-0.05, 0) is 0 Å². The number of hydrogen-bond donors (Lipinski definition) is 0. The average molecular weight is 257 g/mol. The molecule has 52 valence electrons. The third-order valence-electron chi connectivity index (χ3n) is 0.